The number of fused-ring (bicyclic) bond motifs is 5. The molecule has 4 fully saturated rings. The third-order valence-corrected chi connectivity index (χ3v) is 11.2. The number of carbonyl (C=O) groups excluding carboxylic acids is 1. The first kappa shape index (κ1) is 33.6. The predicted octanol–water partition coefficient (Wildman–Crippen LogP) is 7.59. The Hall–Kier alpha value is -4.49. The minimum atomic E-state index is -0.583. The number of carbonyl (C=O) groups is 1. The fourth-order valence-electron chi connectivity index (χ4n) is 8.82. The van der Waals surface area contributed by atoms with Crippen molar-refractivity contribution in [1.82, 2.24) is 24.8 Å². The highest BCUT2D eigenvalue weighted by molar-refractivity contribution is 6.02. The molecule has 0 radical (unpaired) electrons. The molecule has 266 valence electrons. The highest BCUT2D eigenvalue weighted by Gasteiger charge is 2.45. The maximum Gasteiger partial charge on any atom is 0.410 e. The Balaban J connectivity index is 1.22. The highest BCUT2D eigenvalue weighted by atomic mass is 19.1. The van der Waals surface area contributed by atoms with Crippen LogP contribution in [0, 0.1) is 23.6 Å². The molecule has 2 unspecified atom stereocenters. The number of hydrogen-bond donors (Lipinski definition) is 0. The van der Waals surface area contributed by atoms with Crippen molar-refractivity contribution in [1.29, 1.82) is 0 Å². The zero-order valence-electron chi connectivity index (χ0n) is 30.2. The molecule has 4 saturated heterocycles. The van der Waals surface area contributed by atoms with Crippen LogP contribution in [0.1, 0.15) is 78.2 Å². The first-order valence-electron chi connectivity index (χ1n) is 18.6. The molecule has 10 heteroatoms. The van der Waals surface area contributed by atoms with Crippen LogP contribution in [-0.4, -0.2) is 87.4 Å². The summed E-state index contributed by atoms with van der Waals surface area (Å²) in [5, 5.41) is 2.36. The van der Waals surface area contributed by atoms with Crippen LogP contribution in [0.4, 0.5) is 15.0 Å². The number of likely N-dealkylation sites (tertiary alicyclic amines) is 1. The van der Waals surface area contributed by atoms with Crippen molar-refractivity contribution < 1.29 is 18.7 Å². The van der Waals surface area contributed by atoms with Gasteiger partial charge in [0.1, 0.15) is 29.2 Å². The van der Waals surface area contributed by atoms with E-state index >= 15 is 4.39 Å². The second-order valence-corrected chi connectivity index (χ2v) is 15.7. The van der Waals surface area contributed by atoms with Gasteiger partial charge < -0.3 is 19.3 Å². The first-order valence-corrected chi connectivity index (χ1v) is 18.6. The molecule has 0 spiro atoms. The number of rotatable bonds is 5. The summed E-state index contributed by atoms with van der Waals surface area (Å²) >= 11 is 0. The van der Waals surface area contributed by atoms with Crippen molar-refractivity contribution in [2.75, 3.05) is 44.2 Å². The van der Waals surface area contributed by atoms with Gasteiger partial charge in [-0.05, 0) is 89.8 Å². The van der Waals surface area contributed by atoms with Gasteiger partial charge in [-0.1, -0.05) is 49.1 Å². The lowest BCUT2D eigenvalue weighted by Gasteiger charge is -2.34. The fraction of sp³-hybridized carbons (Fsp3) is 0.512. The number of aromatic nitrogens is 3. The molecule has 1 amide bonds. The topological polar surface area (TPSA) is 83.9 Å². The lowest BCUT2D eigenvalue weighted by atomic mass is 9.95. The van der Waals surface area contributed by atoms with Gasteiger partial charge in [0.2, 0.25) is 0 Å². The zero-order valence-corrected chi connectivity index (χ0v) is 30.2. The van der Waals surface area contributed by atoms with Gasteiger partial charge in [0.05, 0.1) is 17.0 Å². The summed E-state index contributed by atoms with van der Waals surface area (Å²) in [6, 6.07) is 11.9. The molecular weight excluding hydrogens is 643 g/mol. The molecule has 2 aromatic heterocycles. The van der Waals surface area contributed by atoms with Gasteiger partial charge in [0.15, 0.2) is 5.82 Å². The van der Waals surface area contributed by atoms with Crippen LogP contribution in [0.3, 0.4) is 0 Å². The summed E-state index contributed by atoms with van der Waals surface area (Å²) in [6.45, 7) is 12.3. The van der Waals surface area contributed by atoms with E-state index in [4.69, 9.17) is 24.4 Å². The van der Waals surface area contributed by atoms with Crippen molar-refractivity contribution in [3.8, 4) is 29.1 Å². The van der Waals surface area contributed by atoms with Gasteiger partial charge in [-0.3, -0.25) is 9.88 Å². The van der Waals surface area contributed by atoms with E-state index in [1.807, 2.05) is 69.0 Å². The third-order valence-electron chi connectivity index (χ3n) is 11.2. The lowest BCUT2D eigenvalue weighted by molar-refractivity contribution is 0.0221. The van der Waals surface area contributed by atoms with Crippen molar-refractivity contribution in [3.63, 3.8) is 0 Å². The van der Waals surface area contributed by atoms with Gasteiger partial charge in [-0.2, -0.15) is 9.97 Å². The fourth-order valence-corrected chi connectivity index (χ4v) is 8.82. The summed E-state index contributed by atoms with van der Waals surface area (Å²) in [5.74, 6) is 6.88. The molecule has 8 rings (SSSR count). The van der Waals surface area contributed by atoms with Gasteiger partial charge in [0.25, 0.3) is 0 Å². The molecule has 4 aromatic rings. The predicted molar refractivity (Wildman–Crippen MR) is 197 cm³/mol. The van der Waals surface area contributed by atoms with Crippen LogP contribution in [0.5, 0.6) is 6.01 Å². The van der Waals surface area contributed by atoms with Gasteiger partial charge >= 0.3 is 12.1 Å². The molecule has 4 aliphatic heterocycles. The smallest absolute Gasteiger partial charge is 0.410 e. The van der Waals surface area contributed by atoms with E-state index in [2.05, 4.69) is 21.6 Å². The molecule has 4 aliphatic rings. The molecule has 2 atom stereocenters. The summed E-state index contributed by atoms with van der Waals surface area (Å²) in [4.78, 5) is 34.4. The van der Waals surface area contributed by atoms with Crippen LogP contribution < -0.4 is 9.64 Å². The molecule has 0 aliphatic carbocycles. The number of hydrogen-bond acceptors (Lipinski definition) is 8. The Bertz CT molecular complexity index is 2040. The minimum Gasteiger partial charge on any atom is -0.461 e. The van der Waals surface area contributed by atoms with E-state index in [1.54, 1.807) is 6.20 Å². The largest absolute Gasteiger partial charge is 0.461 e. The summed E-state index contributed by atoms with van der Waals surface area (Å²) in [7, 11) is 0. The van der Waals surface area contributed by atoms with E-state index in [-0.39, 0.29) is 34.9 Å². The maximum absolute atomic E-state index is 17.2. The number of anilines is 1. The van der Waals surface area contributed by atoms with Crippen LogP contribution in [-0.2, 0) is 4.74 Å². The normalized spacial score (nSPS) is 21.4. The van der Waals surface area contributed by atoms with E-state index in [0.717, 1.165) is 80.9 Å². The van der Waals surface area contributed by atoms with Crippen molar-refractivity contribution in [3.05, 3.63) is 54.0 Å². The van der Waals surface area contributed by atoms with E-state index < -0.39 is 11.4 Å². The Kier molecular flexibility index (Phi) is 8.74. The van der Waals surface area contributed by atoms with Crippen LogP contribution in [0.15, 0.2) is 42.6 Å². The number of benzene rings is 2. The number of halogens is 1. The average molecular weight is 691 g/mol. The van der Waals surface area contributed by atoms with Crippen molar-refractivity contribution >= 4 is 33.6 Å². The summed E-state index contributed by atoms with van der Waals surface area (Å²) in [5.41, 5.74) is 1.30. The monoisotopic (exact) mass is 690 g/mol. The quantitative estimate of drug-likeness (QED) is 0.198. The SMILES string of the molecule is CCC#Cc1cccc2cccc(-c3ncc4c(N5CCC6CC(C5)N(C(=O)OC(C)(C)C)C6)nc(OCC56CCCN5CCC6)nc4c3F)c12. The second-order valence-electron chi connectivity index (χ2n) is 15.7. The van der Waals surface area contributed by atoms with Gasteiger partial charge in [-0.15, -0.1) is 0 Å². The molecule has 51 heavy (non-hydrogen) atoms. The van der Waals surface area contributed by atoms with Gasteiger partial charge in [-0.25, -0.2) is 9.18 Å². The molecule has 0 N–H and O–H groups in total. The average Bonchev–Trinajstić information content (AvgIpc) is 3.77. The number of pyridine rings is 1. The molecule has 2 bridgehead atoms. The number of nitrogens with zero attached hydrogens (tertiary/aromatic N) is 6. The maximum atomic E-state index is 17.2. The Morgan fingerprint density at radius 2 is 1.84 bits per heavy atom. The van der Waals surface area contributed by atoms with E-state index in [9.17, 15) is 4.79 Å². The Labute approximate surface area is 299 Å². The van der Waals surface area contributed by atoms with E-state index in [0.29, 0.717) is 42.4 Å². The molecular formula is C41H47FN6O3. The zero-order chi connectivity index (χ0) is 35.3. The summed E-state index contributed by atoms with van der Waals surface area (Å²) in [6.07, 6.45) is 8.36. The minimum absolute atomic E-state index is 0.0189. The Morgan fingerprint density at radius 3 is 2.61 bits per heavy atom. The van der Waals surface area contributed by atoms with Crippen LogP contribution in [0.25, 0.3) is 32.9 Å². The molecule has 2 aromatic carbocycles. The third kappa shape index (κ3) is 6.35. The number of ether oxygens (including phenoxy) is 2. The first-order chi connectivity index (χ1) is 24.6. The highest BCUT2D eigenvalue weighted by Crippen LogP contribution is 2.41. The molecule has 6 heterocycles. The molecule has 9 nitrogen and oxygen atoms in total. The second kappa shape index (κ2) is 13.2. The summed E-state index contributed by atoms with van der Waals surface area (Å²) < 4.78 is 29.5. The van der Waals surface area contributed by atoms with E-state index in [1.165, 1.54) is 0 Å². The lowest BCUT2D eigenvalue weighted by Crippen LogP contribution is -2.46. The molecule has 0 saturated carbocycles. The van der Waals surface area contributed by atoms with Crippen molar-refractivity contribution in [2.24, 2.45) is 5.92 Å². The van der Waals surface area contributed by atoms with Crippen molar-refractivity contribution in [2.45, 2.75) is 89.8 Å². The van der Waals surface area contributed by atoms with Gasteiger partial charge in [0, 0.05) is 48.8 Å². The van der Waals surface area contributed by atoms with Crippen LogP contribution >= 0.6 is 0 Å². The standard InChI is InChI=1S/C41H47FN6O3/c1-5-6-11-28-12-7-13-29-14-8-15-31(33(28)29)35-34(42)36-32(23-43-35)37(45-38(44-36)50-26-41-17-9-19-47(41)20-10-18-41)46-21-16-27-22-30(25-46)48(24-27)39(49)51-40(2,3)4/h7-8,12-15,23,27,30H,5,9-10,16-22,24-26H2,1-4H3. The van der Waals surface area contributed by atoms with Crippen LogP contribution in [0.2, 0.25) is 0 Å². The number of amides is 1. The Morgan fingerprint density at radius 1 is 1.06 bits per heavy atom.